The zero-order chi connectivity index (χ0) is 23.4. The number of carbonyl (C=O) groups excluding carboxylic acids is 1. The highest BCUT2D eigenvalue weighted by atomic mass is 16.5. The number of amides is 1. The number of carbonyl (C=O) groups is 1. The second-order valence-electron chi connectivity index (χ2n) is 8.97. The zero-order valence-corrected chi connectivity index (χ0v) is 19.6. The van der Waals surface area contributed by atoms with E-state index in [1.807, 2.05) is 36.4 Å². The first-order valence-corrected chi connectivity index (χ1v) is 11.5. The second kappa shape index (κ2) is 10.2. The van der Waals surface area contributed by atoms with Gasteiger partial charge >= 0.3 is 0 Å². The number of rotatable bonds is 8. The Morgan fingerprint density at radius 2 is 1.85 bits per heavy atom. The highest BCUT2D eigenvalue weighted by molar-refractivity contribution is 5.94. The first-order chi connectivity index (χ1) is 15.9. The summed E-state index contributed by atoms with van der Waals surface area (Å²) in [6.07, 6.45) is 4.07. The van der Waals surface area contributed by atoms with Crippen molar-refractivity contribution in [3.8, 4) is 22.8 Å². The number of benzene rings is 2. The summed E-state index contributed by atoms with van der Waals surface area (Å²) in [4.78, 5) is 22.7. The number of hydrogen-bond donors (Lipinski definition) is 1. The molecule has 3 aromatic rings. The molecule has 0 aliphatic carbocycles. The summed E-state index contributed by atoms with van der Waals surface area (Å²) in [5.41, 5.74) is 8.70. The fourth-order valence-electron chi connectivity index (χ4n) is 4.39. The van der Waals surface area contributed by atoms with E-state index in [4.69, 9.17) is 15.2 Å². The molecule has 1 amide bonds. The average molecular weight is 449 g/mol. The quantitative estimate of drug-likeness (QED) is 0.563. The molecule has 7 heteroatoms. The number of likely N-dealkylation sites (tertiary alicyclic amines) is 1. The third-order valence-electron chi connectivity index (χ3n) is 6.38. The van der Waals surface area contributed by atoms with Crippen LogP contribution in [0.3, 0.4) is 0 Å². The summed E-state index contributed by atoms with van der Waals surface area (Å²) in [5, 5.41) is 0.884. The Balaban J connectivity index is 1.54. The Morgan fingerprint density at radius 3 is 2.48 bits per heavy atom. The van der Waals surface area contributed by atoms with Crippen LogP contribution in [-0.2, 0) is 11.2 Å². The summed E-state index contributed by atoms with van der Waals surface area (Å²) in [6.45, 7) is 7.42. The Hall–Kier alpha value is -3.19. The lowest BCUT2D eigenvalue weighted by atomic mass is 9.97. The van der Waals surface area contributed by atoms with Crippen molar-refractivity contribution in [2.45, 2.75) is 39.2 Å². The summed E-state index contributed by atoms with van der Waals surface area (Å²) in [5.74, 6) is 1.57. The Bertz CT molecular complexity index is 1110. The van der Waals surface area contributed by atoms with Gasteiger partial charge in [0.2, 0.25) is 5.91 Å². The van der Waals surface area contributed by atoms with Gasteiger partial charge in [0.05, 0.1) is 31.3 Å². The number of primary amides is 1. The van der Waals surface area contributed by atoms with E-state index in [1.54, 1.807) is 13.4 Å². The van der Waals surface area contributed by atoms with Crippen LogP contribution in [0.25, 0.3) is 22.2 Å². The molecule has 1 aliphatic heterocycles. The molecule has 33 heavy (non-hydrogen) atoms. The number of piperidine rings is 1. The van der Waals surface area contributed by atoms with E-state index in [-0.39, 0.29) is 12.3 Å². The lowest BCUT2D eigenvalue weighted by Crippen LogP contribution is -2.39. The van der Waals surface area contributed by atoms with Gasteiger partial charge in [-0.15, -0.1) is 0 Å². The van der Waals surface area contributed by atoms with E-state index in [0.717, 1.165) is 53.7 Å². The minimum absolute atomic E-state index is 0.218. The van der Waals surface area contributed by atoms with Gasteiger partial charge in [0.25, 0.3) is 0 Å². The van der Waals surface area contributed by atoms with Crippen LogP contribution >= 0.6 is 0 Å². The molecule has 1 aliphatic rings. The Kier molecular flexibility index (Phi) is 7.08. The van der Waals surface area contributed by atoms with E-state index in [9.17, 15) is 4.79 Å². The second-order valence-corrected chi connectivity index (χ2v) is 8.97. The van der Waals surface area contributed by atoms with Gasteiger partial charge in [-0.25, -0.2) is 9.97 Å². The average Bonchev–Trinajstić information content (AvgIpc) is 2.82. The fraction of sp³-hybridized carbons (Fsp3) is 0.423. The van der Waals surface area contributed by atoms with Crippen LogP contribution in [0.5, 0.6) is 11.5 Å². The van der Waals surface area contributed by atoms with Gasteiger partial charge in [0.15, 0.2) is 11.5 Å². The molecular weight excluding hydrogens is 416 g/mol. The van der Waals surface area contributed by atoms with E-state index >= 15 is 0 Å². The number of ether oxygens (including phenoxy) is 2. The van der Waals surface area contributed by atoms with Crippen LogP contribution in [-0.4, -0.2) is 53.6 Å². The van der Waals surface area contributed by atoms with Crippen molar-refractivity contribution in [1.82, 2.24) is 14.9 Å². The predicted octanol–water partition coefficient (Wildman–Crippen LogP) is 3.83. The molecule has 174 valence electrons. The van der Waals surface area contributed by atoms with Crippen LogP contribution in [0.2, 0.25) is 0 Å². The van der Waals surface area contributed by atoms with Crippen LogP contribution < -0.4 is 15.2 Å². The zero-order valence-electron chi connectivity index (χ0n) is 19.6. The van der Waals surface area contributed by atoms with Gasteiger partial charge in [0.1, 0.15) is 6.33 Å². The molecule has 2 heterocycles. The van der Waals surface area contributed by atoms with Crippen molar-refractivity contribution in [3.63, 3.8) is 0 Å². The molecule has 0 atom stereocenters. The Morgan fingerprint density at radius 1 is 1.12 bits per heavy atom. The number of fused-ring (bicyclic) bond motifs is 1. The smallest absolute Gasteiger partial charge is 0.221 e. The standard InChI is InChI=1S/C26H32N4O3/c1-17(2)30-10-8-19(9-11-30)15-33-24-14-22-21(13-23(24)32-3)26(29-16-28-22)20-6-4-18(5-7-20)12-25(27)31/h4-7,13-14,16-17,19H,8-12,15H2,1-3H3,(H2,27,31). The SMILES string of the molecule is COc1cc2c(-c3ccc(CC(N)=O)cc3)ncnc2cc1OCC1CCN(C(C)C)CC1. The summed E-state index contributed by atoms with van der Waals surface area (Å²) >= 11 is 0. The van der Waals surface area contributed by atoms with Crippen LogP contribution in [0.15, 0.2) is 42.7 Å². The van der Waals surface area contributed by atoms with Crippen molar-refractivity contribution in [3.05, 3.63) is 48.3 Å². The molecule has 2 aromatic carbocycles. The van der Waals surface area contributed by atoms with E-state index in [0.29, 0.717) is 30.1 Å². The number of hydrogen-bond acceptors (Lipinski definition) is 6. The van der Waals surface area contributed by atoms with Crippen molar-refractivity contribution in [2.75, 3.05) is 26.8 Å². The molecule has 0 bridgehead atoms. The van der Waals surface area contributed by atoms with Gasteiger partial charge in [-0.3, -0.25) is 4.79 Å². The molecule has 1 saturated heterocycles. The maximum Gasteiger partial charge on any atom is 0.221 e. The molecule has 2 N–H and O–H groups in total. The van der Waals surface area contributed by atoms with Gasteiger partial charge in [-0.2, -0.15) is 0 Å². The number of methoxy groups -OCH3 is 1. The third-order valence-corrected chi connectivity index (χ3v) is 6.38. The lowest BCUT2D eigenvalue weighted by molar-refractivity contribution is -0.117. The fourth-order valence-corrected chi connectivity index (χ4v) is 4.39. The first kappa shape index (κ1) is 23.0. The third kappa shape index (κ3) is 5.42. The van der Waals surface area contributed by atoms with Crippen molar-refractivity contribution in [2.24, 2.45) is 11.7 Å². The monoisotopic (exact) mass is 448 g/mol. The minimum atomic E-state index is -0.349. The maximum atomic E-state index is 11.2. The summed E-state index contributed by atoms with van der Waals surface area (Å²) < 4.78 is 11.9. The maximum absolute atomic E-state index is 11.2. The van der Waals surface area contributed by atoms with Crippen LogP contribution in [0.1, 0.15) is 32.3 Å². The molecule has 7 nitrogen and oxygen atoms in total. The predicted molar refractivity (Wildman–Crippen MR) is 129 cm³/mol. The van der Waals surface area contributed by atoms with Gasteiger partial charge < -0.3 is 20.1 Å². The van der Waals surface area contributed by atoms with Crippen molar-refractivity contribution in [1.29, 1.82) is 0 Å². The lowest BCUT2D eigenvalue weighted by Gasteiger charge is -2.34. The molecule has 0 saturated carbocycles. The molecule has 0 radical (unpaired) electrons. The normalized spacial score (nSPS) is 15.2. The molecule has 0 spiro atoms. The summed E-state index contributed by atoms with van der Waals surface area (Å²) in [6, 6.07) is 12.2. The van der Waals surface area contributed by atoms with E-state index < -0.39 is 0 Å². The molecule has 1 aromatic heterocycles. The number of nitrogens with two attached hydrogens (primary N) is 1. The molecule has 4 rings (SSSR count). The highest BCUT2D eigenvalue weighted by Gasteiger charge is 2.22. The van der Waals surface area contributed by atoms with Crippen molar-refractivity contribution >= 4 is 16.8 Å². The Labute approximate surface area is 194 Å². The molecule has 0 unspecified atom stereocenters. The van der Waals surface area contributed by atoms with Crippen molar-refractivity contribution < 1.29 is 14.3 Å². The topological polar surface area (TPSA) is 90.6 Å². The van der Waals surface area contributed by atoms with Gasteiger partial charge in [-0.05, 0) is 57.3 Å². The largest absolute Gasteiger partial charge is 0.493 e. The summed E-state index contributed by atoms with van der Waals surface area (Å²) in [7, 11) is 1.65. The molecular formula is C26H32N4O3. The number of aromatic nitrogens is 2. The highest BCUT2D eigenvalue weighted by Crippen LogP contribution is 2.36. The number of nitrogens with zero attached hydrogens (tertiary/aromatic N) is 3. The van der Waals surface area contributed by atoms with Crippen LogP contribution in [0, 0.1) is 5.92 Å². The molecule has 1 fully saturated rings. The van der Waals surface area contributed by atoms with Gasteiger partial charge in [-0.1, -0.05) is 24.3 Å². The first-order valence-electron chi connectivity index (χ1n) is 11.5. The minimum Gasteiger partial charge on any atom is -0.493 e. The van der Waals surface area contributed by atoms with Gasteiger partial charge in [0, 0.05) is 23.1 Å². The van der Waals surface area contributed by atoms with E-state index in [1.165, 1.54) is 0 Å². The van der Waals surface area contributed by atoms with E-state index in [2.05, 4.69) is 28.7 Å². The van der Waals surface area contributed by atoms with Crippen LogP contribution in [0.4, 0.5) is 0 Å².